The van der Waals surface area contributed by atoms with Gasteiger partial charge in [-0.05, 0) is 63.4 Å². The van der Waals surface area contributed by atoms with Crippen LogP contribution in [0.3, 0.4) is 0 Å². The van der Waals surface area contributed by atoms with Crippen LogP contribution in [0.15, 0.2) is 18.5 Å². The molecule has 0 amide bonds. The van der Waals surface area contributed by atoms with Crippen LogP contribution in [0.1, 0.15) is 59.4 Å². The second-order valence-electron chi connectivity index (χ2n) is 8.72. The lowest BCUT2D eigenvalue weighted by molar-refractivity contribution is -0.125. The maximum atomic E-state index is 6.14. The van der Waals surface area contributed by atoms with Crippen LogP contribution in [-0.2, 0) is 14.7 Å². The first-order chi connectivity index (χ1) is 9.65. The summed E-state index contributed by atoms with van der Waals surface area (Å²) < 4.78 is 12.3. The van der Waals surface area contributed by atoms with Crippen LogP contribution in [0.25, 0.3) is 0 Å². The van der Waals surface area contributed by atoms with Crippen molar-refractivity contribution >= 4 is 12.6 Å². The third-order valence-corrected chi connectivity index (χ3v) is 6.19. The fraction of sp³-hybridized carbons (Fsp3) is 0.706. The van der Waals surface area contributed by atoms with Crippen molar-refractivity contribution in [1.29, 1.82) is 0 Å². The van der Waals surface area contributed by atoms with Gasteiger partial charge in [-0.3, -0.25) is 4.98 Å². The van der Waals surface area contributed by atoms with E-state index in [4.69, 9.17) is 9.31 Å². The first-order valence-corrected chi connectivity index (χ1v) is 7.96. The zero-order valence-corrected chi connectivity index (χ0v) is 13.7. The molecule has 4 aliphatic rings. The molecule has 1 saturated heterocycles. The van der Waals surface area contributed by atoms with Crippen molar-refractivity contribution in [3.05, 3.63) is 24.0 Å². The molecule has 0 atom stereocenters. The van der Waals surface area contributed by atoms with E-state index in [2.05, 4.69) is 45.7 Å². The molecule has 4 fully saturated rings. The Kier molecular flexibility index (Phi) is 2.44. The summed E-state index contributed by atoms with van der Waals surface area (Å²) in [5.41, 5.74) is 2.86. The Bertz CT molecular complexity index is 575. The van der Waals surface area contributed by atoms with E-state index in [0.717, 1.165) is 5.46 Å². The highest BCUT2D eigenvalue weighted by molar-refractivity contribution is 6.62. The monoisotopic (exact) mass is 285 g/mol. The minimum atomic E-state index is -0.301. The smallest absolute Gasteiger partial charge is 0.399 e. The minimum absolute atomic E-state index is 0.294. The molecule has 3 nitrogen and oxygen atoms in total. The predicted octanol–water partition coefficient (Wildman–Crippen LogP) is 2.82. The average Bonchev–Trinajstić information content (AvgIpc) is 2.54. The standard InChI is InChI=1S/C17H24BNO2/c1-14(2)15(3,4)21-18(20-14)13-6-12(7-19-8-13)17-9-16(5,10-17)11-17/h6-8H,9-11H2,1-5H3. The summed E-state index contributed by atoms with van der Waals surface area (Å²) >= 11 is 0. The largest absolute Gasteiger partial charge is 0.496 e. The third-order valence-electron chi connectivity index (χ3n) is 6.19. The number of rotatable bonds is 2. The molecular weight excluding hydrogens is 261 g/mol. The van der Waals surface area contributed by atoms with Crippen LogP contribution in [0.2, 0.25) is 0 Å². The molecule has 0 unspecified atom stereocenters. The lowest BCUT2D eigenvalue weighted by Gasteiger charge is -2.70. The summed E-state index contributed by atoms with van der Waals surface area (Å²) in [4.78, 5) is 4.46. The number of hydrogen-bond acceptors (Lipinski definition) is 3. The van der Waals surface area contributed by atoms with Crippen molar-refractivity contribution in [1.82, 2.24) is 4.98 Å². The van der Waals surface area contributed by atoms with Gasteiger partial charge in [0.15, 0.2) is 0 Å². The highest BCUT2D eigenvalue weighted by Crippen LogP contribution is 2.73. The molecule has 4 heteroatoms. The Hall–Kier alpha value is -0.865. The van der Waals surface area contributed by atoms with Gasteiger partial charge in [-0.2, -0.15) is 0 Å². The van der Waals surface area contributed by atoms with Crippen LogP contribution in [0, 0.1) is 5.41 Å². The number of nitrogens with zero attached hydrogens (tertiary/aromatic N) is 1. The first kappa shape index (κ1) is 13.8. The second-order valence-corrected chi connectivity index (χ2v) is 8.72. The maximum Gasteiger partial charge on any atom is 0.496 e. The highest BCUT2D eigenvalue weighted by Gasteiger charge is 2.65. The van der Waals surface area contributed by atoms with E-state index in [1.165, 1.54) is 24.8 Å². The molecule has 1 aromatic heterocycles. The van der Waals surface area contributed by atoms with Gasteiger partial charge < -0.3 is 9.31 Å². The normalized spacial score (nSPS) is 38.8. The van der Waals surface area contributed by atoms with Crippen LogP contribution in [0.4, 0.5) is 0 Å². The minimum Gasteiger partial charge on any atom is -0.399 e. The van der Waals surface area contributed by atoms with Gasteiger partial charge in [0.25, 0.3) is 0 Å². The van der Waals surface area contributed by atoms with E-state index in [0.29, 0.717) is 10.8 Å². The van der Waals surface area contributed by atoms with E-state index in [-0.39, 0.29) is 18.3 Å². The zero-order chi connectivity index (χ0) is 15.1. The molecule has 112 valence electrons. The SMILES string of the molecule is CC12CC(c3cncc(B4OC(C)(C)C(C)(C)O4)c3)(C1)C2. The summed E-state index contributed by atoms with van der Waals surface area (Å²) in [7, 11) is -0.301. The summed E-state index contributed by atoms with van der Waals surface area (Å²) in [6.45, 7) is 10.7. The van der Waals surface area contributed by atoms with Gasteiger partial charge >= 0.3 is 7.12 Å². The Labute approximate surface area is 127 Å². The van der Waals surface area contributed by atoms with Gasteiger partial charge in [0.1, 0.15) is 0 Å². The Balaban J connectivity index is 1.60. The van der Waals surface area contributed by atoms with E-state index in [1.807, 2.05) is 12.4 Å². The molecule has 1 aliphatic heterocycles. The quantitative estimate of drug-likeness (QED) is 0.783. The van der Waals surface area contributed by atoms with E-state index >= 15 is 0 Å². The lowest BCUT2D eigenvalue weighted by Crippen LogP contribution is -2.63. The maximum absolute atomic E-state index is 6.14. The molecule has 21 heavy (non-hydrogen) atoms. The Morgan fingerprint density at radius 2 is 1.52 bits per heavy atom. The van der Waals surface area contributed by atoms with Gasteiger partial charge in [0, 0.05) is 17.9 Å². The fourth-order valence-electron chi connectivity index (χ4n) is 4.46. The van der Waals surface area contributed by atoms with Crippen LogP contribution in [0.5, 0.6) is 0 Å². The first-order valence-electron chi connectivity index (χ1n) is 7.96. The van der Waals surface area contributed by atoms with Crippen molar-refractivity contribution in [2.45, 2.75) is 70.5 Å². The molecule has 3 saturated carbocycles. The molecule has 0 spiro atoms. The van der Waals surface area contributed by atoms with Crippen LogP contribution < -0.4 is 5.46 Å². The molecule has 0 radical (unpaired) electrons. The molecule has 0 aromatic carbocycles. The predicted molar refractivity (Wildman–Crippen MR) is 83.6 cm³/mol. The second kappa shape index (κ2) is 3.72. The number of pyridine rings is 1. The average molecular weight is 285 g/mol. The van der Waals surface area contributed by atoms with Crippen molar-refractivity contribution < 1.29 is 9.31 Å². The summed E-state index contributed by atoms with van der Waals surface area (Å²) in [5, 5.41) is 0. The van der Waals surface area contributed by atoms with Crippen molar-refractivity contribution in [3.8, 4) is 0 Å². The van der Waals surface area contributed by atoms with E-state index in [9.17, 15) is 0 Å². The fourth-order valence-corrected chi connectivity index (χ4v) is 4.46. The third kappa shape index (κ3) is 1.78. The molecule has 5 rings (SSSR count). The van der Waals surface area contributed by atoms with Crippen LogP contribution >= 0.6 is 0 Å². The van der Waals surface area contributed by atoms with E-state index < -0.39 is 0 Å². The van der Waals surface area contributed by atoms with E-state index in [1.54, 1.807) is 0 Å². The van der Waals surface area contributed by atoms with Gasteiger partial charge in [0.2, 0.25) is 0 Å². The molecule has 0 N–H and O–H groups in total. The molecule has 2 heterocycles. The Morgan fingerprint density at radius 3 is 2.05 bits per heavy atom. The number of hydrogen-bond donors (Lipinski definition) is 0. The van der Waals surface area contributed by atoms with Crippen molar-refractivity contribution in [3.63, 3.8) is 0 Å². The zero-order valence-electron chi connectivity index (χ0n) is 13.7. The lowest BCUT2D eigenvalue weighted by atomic mass is 9.34. The van der Waals surface area contributed by atoms with Crippen molar-refractivity contribution in [2.24, 2.45) is 5.41 Å². The Morgan fingerprint density at radius 1 is 0.952 bits per heavy atom. The summed E-state index contributed by atoms with van der Waals surface area (Å²) in [6, 6.07) is 2.26. The van der Waals surface area contributed by atoms with Crippen LogP contribution in [-0.4, -0.2) is 23.3 Å². The molecule has 1 aromatic rings. The van der Waals surface area contributed by atoms with Gasteiger partial charge in [-0.1, -0.05) is 13.0 Å². The topological polar surface area (TPSA) is 31.4 Å². The molecular formula is C17H24BNO2. The molecule has 2 bridgehead atoms. The van der Waals surface area contributed by atoms with Gasteiger partial charge in [-0.15, -0.1) is 0 Å². The molecule has 3 aliphatic carbocycles. The van der Waals surface area contributed by atoms with Gasteiger partial charge in [-0.25, -0.2) is 0 Å². The summed E-state index contributed by atoms with van der Waals surface area (Å²) in [6.07, 6.45) is 7.86. The summed E-state index contributed by atoms with van der Waals surface area (Å²) in [5.74, 6) is 0. The highest BCUT2D eigenvalue weighted by atomic mass is 16.7. The van der Waals surface area contributed by atoms with Crippen molar-refractivity contribution in [2.75, 3.05) is 0 Å². The number of aromatic nitrogens is 1. The van der Waals surface area contributed by atoms with Gasteiger partial charge in [0.05, 0.1) is 11.2 Å².